The van der Waals surface area contributed by atoms with Crippen LogP contribution in [0.25, 0.3) is 0 Å². The topological polar surface area (TPSA) is 95.5 Å². The minimum absolute atomic E-state index is 0.0282. The second kappa shape index (κ2) is 10.2. The Morgan fingerprint density at radius 3 is 2.09 bits per heavy atom. The van der Waals surface area contributed by atoms with Crippen molar-refractivity contribution in [3.8, 4) is 0 Å². The van der Waals surface area contributed by atoms with Crippen molar-refractivity contribution in [1.29, 1.82) is 0 Å². The molecule has 1 aliphatic rings. The summed E-state index contributed by atoms with van der Waals surface area (Å²) in [7, 11) is 0. The number of carbonyl (C=O) groups excluding carboxylic acids is 2. The number of rotatable bonds is 8. The molecule has 0 aromatic rings. The van der Waals surface area contributed by atoms with Crippen molar-refractivity contribution < 1.29 is 19.5 Å². The van der Waals surface area contributed by atoms with Crippen molar-refractivity contribution >= 4 is 17.8 Å². The lowest BCUT2D eigenvalue weighted by atomic mass is 10.0. The maximum atomic E-state index is 11.9. The average molecular weight is 326 g/mol. The predicted octanol–water partition coefficient (Wildman–Crippen LogP) is 2.22. The molecule has 0 bridgehead atoms. The molecule has 0 heterocycles. The summed E-state index contributed by atoms with van der Waals surface area (Å²) in [6, 6.07) is -0.659. The van der Waals surface area contributed by atoms with Crippen LogP contribution in [0.4, 0.5) is 0 Å². The van der Waals surface area contributed by atoms with Gasteiger partial charge in [0.05, 0.1) is 0 Å². The first-order valence-electron chi connectivity index (χ1n) is 8.70. The molecule has 23 heavy (non-hydrogen) atoms. The van der Waals surface area contributed by atoms with Crippen LogP contribution in [0.5, 0.6) is 0 Å². The normalized spacial score (nSPS) is 17.3. The van der Waals surface area contributed by atoms with E-state index in [2.05, 4.69) is 10.6 Å². The molecular formula is C17H30N2O4. The largest absolute Gasteiger partial charge is 0.480 e. The van der Waals surface area contributed by atoms with Gasteiger partial charge in [0.2, 0.25) is 11.8 Å². The van der Waals surface area contributed by atoms with E-state index in [1.807, 2.05) is 13.8 Å². The van der Waals surface area contributed by atoms with Crippen LogP contribution in [0, 0.1) is 5.92 Å². The van der Waals surface area contributed by atoms with Crippen molar-refractivity contribution in [3.63, 3.8) is 0 Å². The first-order valence-corrected chi connectivity index (χ1v) is 8.70. The minimum Gasteiger partial charge on any atom is -0.480 e. The van der Waals surface area contributed by atoms with Crippen molar-refractivity contribution in [3.05, 3.63) is 0 Å². The standard InChI is InChI=1S/C17H30N2O4/c1-12(2)11-14(17(22)23)19-16(21)10-9-15(20)18-13-7-5-3-4-6-8-13/h12-14H,3-11H2,1-2H3,(H,18,20)(H,19,21)(H,22,23). The van der Waals surface area contributed by atoms with E-state index in [4.69, 9.17) is 5.11 Å². The summed E-state index contributed by atoms with van der Waals surface area (Å²) in [5.41, 5.74) is 0. The highest BCUT2D eigenvalue weighted by molar-refractivity contribution is 5.86. The van der Waals surface area contributed by atoms with Crippen LogP contribution in [0.15, 0.2) is 0 Å². The smallest absolute Gasteiger partial charge is 0.326 e. The summed E-state index contributed by atoms with van der Waals surface area (Å²) in [5.74, 6) is -1.36. The van der Waals surface area contributed by atoms with Crippen molar-refractivity contribution in [2.75, 3.05) is 0 Å². The first-order chi connectivity index (χ1) is 10.9. The Morgan fingerprint density at radius 1 is 1.00 bits per heavy atom. The van der Waals surface area contributed by atoms with Crippen LogP contribution >= 0.6 is 0 Å². The van der Waals surface area contributed by atoms with E-state index in [1.165, 1.54) is 12.8 Å². The van der Waals surface area contributed by atoms with Gasteiger partial charge in [0.15, 0.2) is 0 Å². The van der Waals surface area contributed by atoms with Crippen molar-refractivity contribution in [2.45, 2.75) is 83.7 Å². The molecule has 0 aromatic carbocycles. The summed E-state index contributed by atoms with van der Waals surface area (Å²) in [6.07, 6.45) is 7.26. The fourth-order valence-corrected chi connectivity index (χ4v) is 2.91. The van der Waals surface area contributed by atoms with Gasteiger partial charge in [-0.2, -0.15) is 0 Å². The molecule has 0 aliphatic heterocycles. The first kappa shape index (κ1) is 19.5. The van der Waals surface area contributed by atoms with E-state index in [1.54, 1.807) is 0 Å². The van der Waals surface area contributed by atoms with Gasteiger partial charge in [-0.25, -0.2) is 4.79 Å². The van der Waals surface area contributed by atoms with E-state index >= 15 is 0 Å². The predicted molar refractivity (Wildman–Crippen MR) is 87.9 cm³/mol. The molecule has 0 aromatic heterocycles. The Morgan fingerprint density at radius 2 is 1.57 bits per heavy atom. The fraction of sp³-hybridized carbons (Fsp3) is 0.824. The lowest BCUT2D eigenvalue weighted by molar-refractivity contribution is -0.142. The minimum atomic E-state index is -1.03. The van der Waals surface area contributed by atoms with Gasteiger partial charge < -0.3 is 15.7 Å². The maximum Gasteiger partial charge on any atom is 0.326 e. The van der Waals surface area contributed by atoms with Gasteiger partial charge >= 0.3 is 5.97 Å². The molecule has 1 aliphatic carbocycles. The molecule has 1 saturated carbocycles. The molecule has 0 saturated heterocycles. The van der Waals surface area contributed by atoms with Crippen LogP contribution in [0.2, 0.25) is 0 Å². The second-order valence-electron chi connectivity index (χ2n) is 6.84. The zero-order chi connectivity index (χ0) is 17.2. The molecule has 3 N–H and O–H groups in total. The molecule has 1 rings (SSSR count). The maximum absolute atomic E-state index is 11.9. The zero-order valence-electron chi connectivity index (χ0n) is 14.3. The summed E-state index contributed by atoms with van der Waals surface area (Å²) in [6.45, 7) is 3.81. The Bertz CT molecular complexity index is 401. The third kappa shape index (κ3) is 8.57. The number of nitrogens with one attached hydrogen (secondary N) is 2. The van der Waals surface area contributed by atoms with Gasteiger partial charge in [-0.05, 0) is 25.2 Å². The number of aliphatic carboxylic acids is 1. The molecule has 1 unspecified atom stereocenters. The van der Waals surface area contributed by atoms with E-state index in [0.717, 1.165) is 25.7 Å². The molecule has 2 amide bonds. The quantitative estimate of drug-likeness (QED) is 0.596. The summed E-state index contributed by atoms with van der Waals surface area (Å²) in [4.78, 5) is 34.9. The number of hydrogen-bond acceptors (Lipinski definition) is 3. The van der Waals surface area contributed by atoms with Crippen LogP contribution in [-0.4, -0.2) is 35.0 Å². The van der Waals surface area contributed by atoms with Crippen LogP contribution in [0.1, 0.15) is 71.6 Å². The SMILES string of the molecule is CC(C)CC(NC(=O)CCC(=O)NC1CCCCCC1)C(=O)O. The van der Waals surface area contributed by atoms with Crippen molar-refractivity contribution in [2.24, 2.45) is 5.92 Å². The van der Waals surface area contributed by atoms with Gasteiger partial charge in [0.1, 0.15) is 6.04 Å². The van der Waals surface area contributed by atoms with E-state index in [-0.39, 0.29) is 36.6 Å². The fourth-order valence-electron chi connectivity index (χ4n) is 2.91. The van der Waals surface area contributed by atoms with Crippen LogP contribution in [-0.2, 0) is 14.4 Å². The van der Waals surface area contributed by atoms with Gasteiger partial charge in [0.25, 0.3) is 0 Å². The highest BCUT2D eigenvalue weighted by atomic mass is 16.4. The summed E-state index contributed by atoms with van der Waals surface area (Å²) >= 11 is 0. The molecular weight excluding hydrogens is 296 g/mol. The highest BCUT2D eigenvalue weighted by Crippen LogP contribution is 2.17. The van der Waals surface area contributed by atoms with Gasteiger partial charge in [-0.3, -0.25) is 9.59 Å². The Kier molecular flexibility index (Phi) is 8.66. The second-order valence-corrected chi connectivity index (χ2v) is 6.84. The summed E-state index contributed by atoms with van der Waals surface area (Å²) < 4.78 is 0. The summed E-state index contributed by atoms with van der Waals surface area (Å²) in [5, 5.41) is 14.6. The third-order valence-electron chi connectivity index (χ3n) is 4.14. The molecule has 0 spiro atoms. The zero-order valence-corrected chi connectivity index (χ0v) is 14.3. The lowest BCUT2D eigenvalue weighted by Crippen LogP contribution is -2.42. The molecule has 132 valence electrons. The average Bonchev–Trinajstić information content (AvgIpc) is 2.72. The van der Waals surface area contributed by atoms with Crippen LogP contribution in [0.3, 0.4) is 0 Å². The Labute approximate surface area is 138 Å². The third-order valence-corrected chi connectivity index (χ3v) is 4.14. The van der Waals surface area contributed by atoms with Gasteiger partial charge in [-0.15, -0.1) is 0 Å². The van der Waals surface area contributed by atoms with Gasteiger partial charge in [0, 0.05) is 18.9 Å². The molecule has 1 fully saturated rings. The monoisotopic (exact) mass is 326 g/mol. The van der Waals surface area contributed by atoms with Crippen LogP contribution < -0.4 is 10.6 Å². The lowest BCUT2D eigenvalue weighted by Gasteiger charge is -2.17. The number of amides is 2. The molecule has 6 nitrogen and oxygen atoms in total. The number of carboxylic acids is 1. The molecule has 0 radical (unpaired) electrons. The molecule has 6 heteroatoms. The number of hydrogen-bond donors (Lipinski definition) is 3. The number of carboxylic acid groups (broad SMARTS) is 1. The molecule has 1 atom stereocenters. The number of carbonyl (C=O) groups is 3. The Hall–Kier alpha value is -1.59. The highest BCUT2D eigenvalue weighted by Gasteiger charge is 2.21. The van der Waals surface area contributed by atoms with Crippen molar-refractivity contribution in [1.82, 2.24) is 10.6 Å². The Balaban J connectivity index is 2.30. The van der Waals surface area contributed by atoms with E-state index in [0.29, 0.717) is 6.42 Å². The van der Waals surface area contributed by atoms with E-state index in [9.17, 15) is 14.4 Å². The van der Waals surface area contributed by atoms with Gasteiger partial charge in [-0.1, -0.05) is 39.5 Å². The van der Waals surface area contributed by atoms with E-state index < -0.39 is 12.0 Å².